The molecule has 0 fully saturated rings. The molecule has 2 N–H and O–H groups in total. The van der Waals surface area contributed by atoms with Crippen molar-refractivity contribution in [3.63, 3.8) is 0 Å². The zero-order valence-electron chi connectivity index (χ0n) is 10.7. The van der Waals surface area contributed by atoms with E-state index in [1.165, 1.54) is 13.8 Å². The first-order chi connectivity index (χ1) is 9.47. The third-order valence-electron chi connectivity index (χ3n) is 2.51. The Bertz CT molecular complexity index is 726. The van der Waals surface area contributed by atoms with Crippen LogP contribution in [0.15, 0.2) is 28.1 Å². The summed E-state index contributed by atoms with van der Waals surface area (Å²) in [5.41, 5.74) is 2.45. The fraction of sp³-hybridized carbons (Fsp3) is 0.167. The highest BCUT2D eigenvalue weighted by molar-refractivity contribution is 5.99. The molecule has 2 aromatic rings. The second kappa shape index (κ2) is 5.55. The van der Waals surface area contributed by atoms with Gasteiger partial charge in [0.25, 0.3) is 5.56 Å². The Morgan fingerprint density at radius 2 is 2.10 bits per heavy atom. The monoisotopic (exact) mass is 279 g/mol. The smallest absolute Gasteiger partial charge is 0.274 e. The van der Waals surface area contributed by atoms with E-state index in [1.54, 1.807) is 0 Å². The molecule has 1 heterocycles. The molecule has 0 aliphatic rings. The van der Waals surface area contributed by atoms with Crippen LogP contribution in [0.2, 0.25) is 0 Å². The Morgan fingerprint density at radius 1 is 1.35 bits per heavy atom. The summed E-state index contributed by atoms with van der Waals surface area (Å²) in [5, 5.41) is 11.1. The lowest BCUT2D eigenvalue weighted by Crippen LogP contribution is -2.16. The largest absolute Gasteiger partial charge is 0.288 e. The number of aromatic nitrogens is 3. The van der Waals surface area contributed by atoms with Crippen LogP contribution in [0.25, 0.3) is 0 Å². The van der Waals surface area contributed by atoms with Crippen LogP contribution in [0.3, 0.4) is 0 Å². The standard InChI is InChI=1S/C12H11F2N5O/c1-6(9-5-8(13)3-4-10(9)14)16-18-12-15-11(20)7(2)17-19-12/h3-5H,1-2H3,(H2,15,18,19,20)/b16-6-. The normalized spacial score (nSPS) is 11.5. The Balaban J connectivity index is 2.24. The molecule has 0 radical (unpaired) electrons. The SMILES string of the molecule is C/C(=N/Nc1nnc(C)c(=O)[nH]1)c1cc(F)ccc1F. The molecular formula is C12H11F2N5O. The number of hydrogen-bond acceptors (Lipinski definition) is 5. The lowest BCUT2D eigenvalue weighted by Gasteiger charge is -2.04. The Morgan fingerprint density at radius 3 is 2.80 bits per heavy atom. The topological polar surface area (TPSA) is 83.0 Å². The molecule has 0 saturated carbocycles. The van der Waals surface area contributed by atoms with Crippen LogP contribution in [-0.2, 0) is 0 Å². The third-order valence-corrected chi connectivity index (χ3v) is 2.51. The molecule has 0 spiro atoms. The van der Waals surface area contributed by atoms with Gasteiger partial charge in [-0.3, -0.25) is 9.78 Å². The van der Waals surface area contributed by atoms with Crippen LogP contribution >= 0.6 is 0 Å². The maximum Gasteiger partial charge on any atom is 0.274 e. The van der Waals surface area contributed by atoms with Crippen molar-refractivity contribution in [2.24, 2.45) is 5.10 Å². The van der Waals surface area contributed by atoms with Crippen LogP contribution in [-0.4, -0.2) is 20.9 Å². The summed E-state index contributed by atoms with van der Waals surface area (Å²) < 4.78 is 26.6. The van der Waals surface area contributed by atoms with Crippen molar-refractivity contribution in [2.45, 2.75) is 13.8 Å². The number of rotatable bonds is 3. The van der Waals surface area contributed by atoms with Gasteiger partial charge in [-0.25, -0.2) is 14.2 Å². The zero-order valence-corrected chi connectivity index (χ0v) is 10.7. The molecule has 0 amide bonds. The van der Waals surface area contributed by atoms with Gasteiger partial charge in [0.15, 0.2) is 0 Å². The second-order valence-corrected chi connectivity index (χ2v) is 4.02. The van der Waals surface area contributed by atoms with Crippen molar-refractivity contribution in [3.8, 4) is 0 Å². The fourth-order valence-corrected chi connectivity index (χ4v) is 1.42. The van der Waals surface area contributed by atoms with Gasteiger partial charge in [-0.1, -0.05) is 0 Å². The highest BCUT2D eigenvalue weighted by atomic mass is 19.1. The van der Waals surface area contributed by atoms with Gasteiger partial charge in [0.1, 0.15) is 17.3 Å². The number of benzene rings is 1. The van der Waals surface area contributed by atoms with Gasteiger partial charge in [0, 0.05) is 5.56 Å². The minimum atomic E-state index is -0.599. The molecule has 1 aromatic carbocycles. The minimum Gasteiger partial charge on any atom is -0.288 e. The van der Waals surface area contributed by atoms with E-state index in [4.69, 9.17) is 0 Å². The van der Waals surface area contributed by atoms with Crippen LogP contribution in [0.5, 0.6) is 0 Å². The molecule has 0 unspecified atom stereocenters. The summed E-state index contributed by atoms with van der Waals surface area (Å²) in [7, 11) is 0. The number of hydrazone groups is 1. The van der Waals surface area contributed by atoms with Crippen molar-refractivity contribution < 1.29 is 8.78 Å². The molecule has 2 rings (SSSR count). The lowest BCUT2D eigenvalue weighted by molar-refractivity contribution is 0.598. The number of anilines is 1. The second-order valence-electron chi connectivity index (χ2n) is 4.02. The number of halogens is 2. The molecule has 0 aliphatic heterocycles. The number of aromatic amines is 1. The number of H-pyrrole nitrogens is 1. The predicted molar refractivity (Wildman–Crippen MR) is 69.6 cm³/mol. The van der Waals surface area contributed by atoms with Crippen molar-refractivity contribution in [3.05, 3.63) is 51.4 Å². The Hall–Kier alpha value is -2.64. The van der Waals surface area contributed by atoms with Gasteiger partial charge in [-0.15, -0.1) is 10.2 Å². The minimum absolute atomic E-state index is 0.0109. The Labute approximate surface area is 112 Å². The van der Waals surface area contributed by atoms with Crippen LogP contribution < -0.4 is 11.0 Å². The first-order valence-electron chi connectivity index (χ1n) is 5.66. The third kappa shape index (κ3) is 3.02. The van der Waals surface area contributed by atoms with Crippen LogP contribution in [0, 0.1) is 18.6 Å². The van der Waals surface area contributed by atoms with E-state index in [0.29, 0.717) is 0 Å². The predicted octanol–water partition coefficient (Wildman–Crippen LogP) is 1.59. The summed E-state index contributed by atoms with van der Waals surface area (Å²) in [5.74, 6) is -1.16. The molecule has 20 heavy (non-hydrogen) atoms. The average molecular weight is 279 g/mol. The fourth-order valence-electron chi connectivity index (χ4n) is 1.42. The van der Waals surface area contributed by atoms with E-state index in [2.05, 4.69) is 25.7 Å². The molecule has 0 bridgehead atoms. The van der Waals surface area contributed by atoms with Gasteiger partial charge >= 0.3 is 0 Å². The molecule has 1 aromatic heterocycles. The zero-order chi connectivity index (χ0) is 14.7. The summed E-state index contributed by atoms with van der Waals surface area (Å²) in [4.78, 5) is 13.7. The molecule has 0 atom stereocenters. The molecular weight excluding hydrogens is 268 g/mol. The van der Waals surface area contributed by atoms with Gasteiger partial charge < -0.3 is 0 Å². The van der Waals surface area contributed by atoms with Gasteiger partial charge in [-0.05, 0) is 32.0 Å². The summed E-state index contributed by atoms with van der Waals surface area (Å²) in [6.45, 7) is 3.00. The summed E-state index contributed by atoms with van der Waals surface area (Å²) in [6.07, 6.45) is 0. The van der Waals surface area contributed by atoms with Crippen molar-refractivity contribution in [2.75, 3.05) is 5.43 Å². The van der Waals surface area contributed by atoms with E-state index in [9.17, 15) is 13.6 Å². The highest BCUT2D eigenvalue weighted by Gasteiger charge is 2.07. The lowest BCUT2D eigenvalue weighted by atomic mass is 10.1. The van der Waals surface area contributed by atoms with Crippen LogP contribution in [0.1, 0.15) is 18.2 Å². The molecule has 6 nitrogen and oxygen atoms in total. The van der Waals surface area contributed by atoms with Gasteiger partial charge in [0.2, 0.25) is 5.95 Å². The molecule has 104 valence electrons. The summed E-state index contributed by atoms with van der Waals surface area (Å²) >= 11 is 0. The number of hydrogen-bond donors (Lipinski definition) is 2. The van der Waals surface area contributed by atoms with E-state index < -0.39 is 17.2 Å². The van der Waals surface area contributed by atoms with Crippen molar-refractivity contribution in [1.82, 2.24) is 15.2 Å². The van der Waals surface area contributed by atoms with Gasteiger partial charge in [0.05, 0.1) is 5.71 Å². The maximum atomic E-state index is 13.5. The summed E-state index contributed by atoms with van der Waals surface area (Å²) in [6, 6.07) is 3.05. The van der Waals surface area contributed by atoms with E-state index >= 15 is 0 Å². The first-order valence-corrected chi connectivity index (χ1v) is 5.66. The quantitative estimate of drug-likeness (QED) is 0.660. The van der Waals surface area contributed by atoms with Crippen molar-refractivity contribution in [1.29, 1.82) is 0 Å². The van der Waals surface area contributed by atoms with E-state index in [0.717, 1.165) is 18.2 Å². The highest BCUT2D eigenvalue weighted by Crippen LogP contribution is 2.11. The van der Waals surface area contributed by atoms with E-state index in [-0.39, 0.29) is 22.9 Å². The number of nitrogens with zero attached hydrogens (tertiary/aromatic N) is 3. The van der Waals surface area contributed by atoms with Crippen LogP contribution in [0.4, 0.5) is 14.7 Å². The number of aryl methyl sites for hydroxylation is 1. The molecule has 0 aliphatic carbocycles. The number of nitrogens with one attached hydrogen (secondary N) is 2. The van der Waals surface area contributed by atoms with Gasteiger partial charge in [-0.2, -0.15) is 5.10 Å². The molecule has 0 saturated heterocycles. The Kier molecular flexibility index (Phi) is 3.83. The van der Waals surface area contributed by atoms with E-state index in [1.807, 2.05) is 0 Å². The average Bonchev–Trinajstić information content (AvgIpc) is 2.42. The van der Waals surface area contributed by atoms with Crippen molar-refractivity contribution >= 4 is 11.7 Å². The molecule has 8 heteroatoms. The maximum absolute atomic E-state index is 13.5. The first kappa shape index (κ1) is 13.8.